The third kappa shape index (κ3) is 2.69. The lowest BCUT2D eigenvalue weighted by Gasteiger charge is -2.32. The van der Waals surface area contributed by atoms with Gasteiger partial charge in [-0.15, -0.1) is 11.3 Å². The number of thiophene rings is 1. The highest BCUT2D eigenvalue weighted by molar-refractivity contribution is 7.10. The number of rotatable bonds is 5. The first-order chi connectivity index (χ1) is 13.5. The standard InChI is InChI=1S/C21H22N2O4S/c1-3-23-18(24)15-16(19(23)25)21(20(26)27-2,12-13-8-5-4-6-9-13)22-17(15)14-10-7-11-28-14/h4-11,15-17,22H,3,12H2,1-2H3/t15-,16+,17-,21+/m0/s1. The van der Waals surface area contributed by atoms with Crippen LogP contribution in [-0.2, 0) is 25.5 Å². The highest BCUT2D eigenvalue weighted by Crippen LogP contribution is 2.50. The Morgan fingerprint density at radius 1 is 1.18 bits per heavy atom. The van der Waals surface area contributed by atoms with E-state index in [1.807, 2.05) is 47.8 Å². The molecule has 2 aromatic rings. The summed E-state index contributed by atoms with van der Waals surface area (Å²) in [4.78, 5) is 41.6. The number of esters is 1. The average Bonchev–Trinajstić information content (AvgIpc) is 3.40. The van der Waals surface area contributed by atoms with Gasteiger partial charge in [0, 0.05) is 17.8 Å². The summed E-state index contributed by atoms with van der Waals surface area (Å²) in [7, 11) is 1.32. The van der Waals surface area contributed by atoms with Crippen LogP contribution in [0.25, 0.3) is 0 Å². The zero-order valence-electron chi connectivity index (χ0n) is 15.8. The maximum atomic E-state index is 13.2. The average molecular weight is 398 g/mol. The highest BCUT2D eigenvalue weighted by Gasteiger charge is 2.68. The molecule has 2 aliphatic heterocycles. The number of nitrogens with zero attached hydrogens (tertiary/aromatic N) is 1. The lowest BCUT2D eigenvalue weighted by molar-refractivity contribution is -0.154. The molecule has 0 saturated carbocycles. The first-order valence-electron chi connectivity index (χ1n) is 9.32. The molecule has 0 radical (unpaired) electrons. The molecule has 28 heavy (non-hydrogen) atoms. The fourth-order valence-electron chi connectivity index (χ4n) is 4.61. The molecule has 1 N–H and O–H groups in total. The fraction of sp³-hybridized carbons (Fsp3) is 0.381. The minimum absolute atomic E-state index is 0.220. The Kier molecular flexibility index (Phi) is 4.81. The van der Waals surface area contributed by atoms with E-state index in [1.165, 1.54) is 23.3 Å². The highest BCUT2D eigenvalue weighted by atomic mass is 32.1. The predicted octanol–water partition coefficient (Wildman–Crippen LogP) is 2.17. The summed E-state index contributed by atoms with van der Waals surface area (Å²) in [5, 5.41) is 5.31. The smallest absolute Gasteiger partial charge is 0.327 e. The summed E-state index contributed by atoms with van der Waals surface area (Å²) in [5.41, 5.74) is -0.382. The summed E-state index contributed by atoms with van der Waals surface area (Å²) in [6.45, 7) is 2.08. The SMILES string of the molecule is CCN1C(=O)[C@@H]2[C@H](c3cccs3)N[C@@](Cc3ccccc3)(C(=O)OC)[C@H]2C1=O. The number of fused-ring (bicyclic) bond motifs is 1. The summed E-state index contributed by atoms with van der Waals surface area (Å²) in [6, 6.07) is 13.0. The molecule has 2 aliphatic rings. The minimum Gasteiger partial charge on any atom is -0.468 e. The van der Waals surface area contributed by atoms with E-state index in [0.29, 0.717) is 6.54 Å². The zero-order valence-corrected chi connectivity index (χ0v) is 16.6. The van der Waals surface area contributed by atoms with Crippen LogP contribution < -0.4 is 5.32 Å². The number of amides is 2. The number of ether oxygens (including phenoxy) is 1. The van der Waals surface area contributed by atoms with Crippen molar-refractivity contribution in [2.45, 2.75) is 24.9 Å². The van der Waals surface area contributed by atoms with E-state index in [1.54, 1.807) is 6.92 Å². The third-order valence-electron chi connectivity index (χ3n) is 5.79. The third-order valence-corrected chi connectivity index (χ3v) is 6.74. The molecule has 7 heteroatoms. The maximum absolute atomic E-state index is 13.2. The minimum atomic E-state index is -1.29. The van der Waals surface area contributed by atoms with Crippen molar-refractivity contribution in [3.8, 4) is 0 Å². The molecular weight excluding hydrogens is 376 g/mol. The molecule has 2 amide bonds. The van der Waals surface area contributed by atoms with Crippen molar-refractivity contribution < 1.29 is 19.1 Å². The second-order valence-corrected chi connectivity index (χ2v) is 8.17. The number of hydrogen-bond acceptors (Lipinski definition) is 6. The van der Waals surface area contributed by atoms with E-state index in [2.05, 4.69) is 5.32 Å². The van der Waals surface area contributed by atoms with Gasteiger partial charge in [0.2, 0.25) is 11.8 Å². The van der Waals surface area contributed by atoms with Crippen molar-refractivity contribution in [2.24, 2.45) is 11.8 Å². The number of carbonyl (C=O) groups excluding carboxylic acids is 3. The largest absolute Gasteiger partial charge is 0.468 e. The lowest BCUT2D eigenvalue weighted by Crippen LogP contribution is -2.57. The van der Waals surface area contributed by atoms with E-state index in [-0.39, 0.29) is 18.2 Å². The van der Waals surface area contributed by atoms with Gasteiger partial charge in [-0.25, -0.2) is 0 Å². The van der Waals surface area contributed by atoms with Crippen LogP contribution in [-0.4, -0.2) is 41.9 Å². The monoisotopic (exact) mass is 398 g/mol. The molecule has 4 rings (SSSR count). The summed E-state index contributed by atoms with van der Waals surface area (Å²) >= 11 is 1.51. The van der Waals surface area contributed by atoms with Crippen LogP contribution >= 0.6 is 11.3 Å². The van der Waals surface area contributed by atoms with Gasteiger partial charge in [-0.2, -0.15) is 0 Å². The fourth-order valence-corrected chi connectivity index (χ4v) is 5.43. The van der Waals surface area contributed by atoms with Gasteiger partial charge in [0.15, 0.2) is 0 Å². The Morgan fingerprint density at radius 2 is 1.93 bits per heavy atom. The molecule has 2 saturated heterocycles. The normalized spacial score (nSPS) is 29.2. The van der Waals surface area contributed by atoms with Gasteiger partial charge < -0.3 is 4.74 Å². The summed E-state index contributed by atoms with van der Waals surface area (Å²) in [5.74, 6) is -2.44. The Morgan fingerprint density at radius 3 is 2.54 bits per heavy atom. The van der Waals surface area contributed by atoms with Crippen molar-refractivity contribution in [1.82, 2.24) is 10.2 Å². The van der Waals surface area contributed by atoms with Crippen molar-refractivity contribution >= 4 is 29.1 Å². The molecule has 1 aromatic heterocycles. The van der Waals surface area contributed by atoms with E-state index in [4.69, 9.17) is 4.74 Å². The quantitative estimate of drug-likeness (QED) is 0.617. The molecule has 0 unspecified atom stereocenters. The molecule has 146 valence electrons. The first kappa shape index (κ1) is 18.8. The number of hydrogen-bond donors (Lipinski definition) is 1. The Bertz CT molecular complexity index is 898. The van der Waals surface area contributed by atoms with Gasteiger partial charge >= 0.3 is 5.97 Å². The number of likely N-dealkylation sites (tertiary alicyclic amines) is 1. The van der Waals surface area contributed by atoms with Crippen LogP contribution in [0.3, 0.4) is 0 Å². The number of imide groups is 1. The molecular formula is C21H22N2O4S. The van der Waals surface area contributed by atoms with Gasteiger partial charge in [0.25, 0.3) is 0 Å². The number of benzene rings is 1. The Hall–Kier alpha value is -2.51. The Labute approximate surface area is 167 Å². The van der Waals surface area contributed by atoms with Crippen LogP contribution in [0, 0.1) is 11.8 Å². The molecule has 6 nitrogen and oxygen atoms in total. The summed E-state index contributed by atoms with van der Waals surface area (Å²) < 4.78 is 5.16. The Balaban J connectivity index is 1.86. The van der Waals surface area contributed by atoms with Crippen LogP contribution in [0.15, 0.2) is 47.8 Å². The predicted molar refractivity (Wildman–Crippen MR) is 104 cm³/mol. The first-order valence-corrected chi connectivity index (χ1v) is 10.2. The van der Waals surface area contributed by atoms with Gasteiger partial charge in [0.05, 0.1) is 25.0 Å². The second-order valence-electron chi connectivity index (χ2n) is 7.19. The topological polar surface area (TPSA) is 75.7 Å². The van der Waals surface area contributed by atoms with Crippen LogP contribution in [0.1, 0.15) is 23.4 Å². The number of methoxy groups -OCH3 is 1. The second kappa shape index (κ2) is 7.14. The number of carbonyl (C=O) groups is 3. The van der Waals surface area contributed by atoms with Gasteiger partial charge in [-0.05, 0) is 23.9 Å². The van der Waals surface area contributed by atoms with Crippen molar-refractivity contribution in [1.29, 1.82) is 0 Å². The molecule has 0 aliphatic carbocycles. The van der Waals surface area contributed by atoms with Crippen molar-refractivity contribution in [3.05, 3.63) is 58.3 Å². The summed E-state index contributed by atoms with van der Waals surface area (Å²) in [6.07, 6.45) is 0.278. The van der Waals surface area contributed by atoms with E-state index in [0.717, 1.165) is 10.4 Å². The van der Waals surface area contributed by atoms with E-state index in [9.17, 15) is 14.4 Å². The van der Waals surface area contributed by atoms with Crippen LogP contribution in [0.5, 0.6) is 0 Å². The van der Waals surface area contributed by atoms with Crippen LogP contribution in [0.2, 0.25) is 0 Å². The molecule has 0 bridgehead atoms. The molecule has 2 fully saturated rings. The van der Waals surface area contributed by atoms with Crippen molar-refractivity contribution in [3.63, 3.8) is 0 Å². The van der Waals surface area contributed by atoms with Crippen molar-refractivity contribution in [2.75, 3.05) is 13.7 Å². The lowest BCUT2D eigenvalue weighted by atomic mass is 9.76. The van der Waals surface area contributed by atoms with Crippen LogP contribution in [0.4, 0.5) is 0 Å². The van der Waals surface area contributed by atoms with Gasteiger partial charge in [-0.3, -0.25) is 24.6 Å². The van der Waals surface area contributed by atoms with E-state index >= 15 is 0 Å². The molecule has 3 heterocycles. The van der Waals surface area contributed by atoms with E-state index < -0.39 is 29.4 Å². The molecule has 1 aromatic carbocycles. The maximum Gasteiger partial charge on any atom is 0.327 e. The molecule has 4 atom stereocenters. The molecule has 0 spiro atoms. The van der Waals surface area contributed by atoms with Gasteiger partial charge in [0.1, 0.15) is 5.54 Å². The number of nitrogens with one attached hydrogen (secondary N) is 1. The zero-order chi connectivity index (χ0) is 19.9. The van der Waals surface area contributed by atoms with Gasteiger partial charge in [-0.1, -0.05) is 36.4 Å².